The summed E-state index contributed by atoms with van der Waals surface area (Å²) in [4.78, 5) is 13.7. The third-order valence-electron chi connectivity index (χ3n) is 4.06. The number of halogens is 1. The minimum atomic E-state index is -0.146. The number of nitrogens with zero attached hydrogens (tertiary/aromatic N) is 4. The Labute approximate surface area is 160 Å². The van der Waals surface area contributed by atoms with Crippen molar-refractivity contribution < 1.29 is 4.79 Å². The largest absolute Gasteiger partial charge is 0.348 e. The van der Waals surface area contributed by atoms with E-state index in [1.807, 2.05) is 62.4 Å². The first-order valence-corrected chi connectivity index (χ1v) is 9.24. The second kappa shape index (κ2) is 8.23. The first-order chi connectivity index (χ1) is 12.5. The Balaban J connectivity index is 1.64. The molecule has 2 aromatic carbocycles. The van der Waals surface area contributed by atoms with Crippen molar-refractivity contribution in [2.45, 2.75) is 32.9 Å². The molecule has 0 radical (unpaired) electrons. The van der Waals surface area contributed by atoms with E-state index < -0.39 is 0 Å². The van der Waals surface area contributed by atoms with Gasteiger partial charge >= 0.3 is 0 Å². The molecule has 6 nitrogen and oxygen atoms in total. The Bertz CT molecular complexity index is 874. The predicted octanol–water partition coefficient (Wildman–Crippen LogP) is 3.68. The van der Waals surface area contributed by atoms with E-state index in [0.29, 0.717) is 5.82 Å². The van der Waals surface area contributed by atoms with Crippen molar-refractivity contribution >= 4 is 21.8 Å². The second-order valence-corrected chi connectivity index (χ2v) is 7.01. The van der Waals surface area contributed by atoms with Crippen molar-refractivity contribution in [2.24, 2.45) is 0 Å². The Morgan fingerprint density at radius 3 is 2.50 bits per heavy atom. The Morgan fingerprint density at radius 2 is 1.85 bits per heavy atom. The van der Waals surface area contributed by atoms with Gasteiger partial charge in [0.15, 0.2) is 0 Å². The summed E-state index contributed by atoms with van der Waals surface area (Å²) in [5, 5.41) is 15.3. The molecule has 1 atom stereocenters. The molecule has 1 N–H and O–H groups in total. The van der Waals surface area contributed by atoms with Gasteiger partial charge in [0.05, 0.1) is 6.04 Å². The van der Waals surface area contributed by atoms with Crippen molar-refractivity contribution in [2.75, 3.05) is 0 Å². The Morgan fingerprint density at radius 1 is 1.15 bits per heavy atom. The van der Waals surface area contributed by atoms with Crippen LogP contribution in [0.25, 0.3) is 11.4 Å². The molecule has 0 spiro atoms. The molecule has 26 heavy (non-hydrogen) atoms. The average molecular weight is 414 g/mol. The number of aromatic nitrogens is 4. The zero-order valence-electron chi connectivity index (χ0n) is 14.7. The highest BCUT2D eigenvalue weighted by Crippen LogP contribution is 2.19. The number of carbonyl (C=O) groups excluding carboxylic acids is 1. The van der Waals surface area contributed by atoms with Gasteiger partial charge in [-0.15, -0.1) is 10.2 Å². The number of aryl methyl sites for hydroxylation is 1. The maximum Gasteiger partial charge on any atom is 0.244 e. The third kappa shape index (κ3) is 4.54. The van der Waals surface area contributed by atoms with E-state index in [1.165, 1.54) is 10.4 Å². The van der Waals surface area contributed by atoms with Crippen LogP contribution in [0.5, 0.6) is 0 Å². The molecule has 0 aliphatic rings. The maximum absolute atomic E-state index is 12.4. The lowest BCUT2D eigenvalue weighted by molar-refractivity contribution is -0.122. The van der Waals surface area contributed by atoms with Crippen LogP contribution in [0.15, 0.2) is 53.0 Å². The van der Waals surface area contributed by atoms with Gasteiger partial charge in [0.2, 0.25) is 11.7 Å². The van der Waals surface area contributed by atoms with E-state index in [1.54, 1.807) is 0 Å². The van der Waals surface area contributed by atoms with Gasteiger partial charge in [0.25, 0.3) is 0 Å². The van der Waals surface area contributed by atoms with Crippen molar-refractivity contribution in [3.8, 4) is 11.4 Å². The molecule has 0 bridgehead atoms. The van der Waals surface area contributed by atoms with E-state index in [-0.39, 0.29) is 18.5 Å². The SMILES string of the molecule is CC[C@@H](NC(=O)Cn1nnc(-c2ccc(C)cc2)n1)c1ccc(Br)cc1. The summed E-state index contributed by atoms with van der Waals surface area (Å²) in [6.07, 6.45) is 0.798. The second-order valence-electron chi connectivity index (χ2n) is 6.09. The van der Waals surface area contributed by atoms with Crippen molar-refractivity contribution in [1.82, 2.24) is 25.5 Å². The quantitative estimate of drug-likeness (QED) is 0.668. The summed E-state index contributed by atoms with van der Waals surface area (Å²) in [7, 11) is 0. The van der Waals surface area contributed by atoms with Gasteiger partial charge in [0, 0.05) is 10.0 Å². The zero-order chi connectivity index (χ0) is 18.5. The number of rotatable bonds is 6. The molecule has 1 aromatic heterocycles. The van der Waals surface area contributed by atoms with Gasteiger partial charge in [-0.1, -0.05) is 64.8 Å². The first-order valence-electron chi connectivity index (χ1n) is 8.45. The highest BCUT2D eigenvalue weighted by Gasteiger charge is 2.14. The van der Waals surface area contributed by atoms with Crippen molar-refractivity contribution in [3.05, 3.63) is 64.1 Å². The highest BCUT2D eigenvalue weighted by molar-refractivity contribution is 9.10. The minimum Gasteiger partial charge on any atom is -0.348 e. The lowest BCUT2D eigenvalue weighted by atomic mass is 10.0. The monoisotopic (exact) mass is 413 g/mol. The molecule has 1 amide bonds. The number of hydrogen-bond acceptors (Lipinski definition) is 4. The van der Waals surface area contributed by atoms with Gasteiger partial charge in [-0.05, 0) is 36.3 Å². The van der Waals surface area contributed by atoms with Crippen molar-refractivity contribution in [3.63, 3.8) is 0 Å². The van der Waals surface area contributed by atoms with Gasteiger partial charge in [0.1, 0.15) is 6.54 Å². The highest BCUT2D eigenvalue weighted by atomic mass is 79.9. The molecule has 3 rings (SSSR count). The fraction of sp³-hybridized carbons (Fsp3) is 0.263. The number of hydrogen-bond donors (Lipinski definition) is 1. The van der Waals surface area contributed by atoms with Crippen LogP contribution in [0.3, 0.4) is 0 Å². The minimum absolute atomic E-state index is 0.0336. The van der Waals surface area contributed by atoms with Crippen LogP contribution in [-0.2, 0) is 11.3 Å². The lowest BCUT2D eigenvalue weighted by Gasteiger charge is -2.17. The van der Waals surface area contributed by atoms with Crippen LogP contribution >= 0.6 is 15.9 Å². The van der Waals surface area contributed by atoms with Crippen LogP contribution in [0, 0.1) is 6.92 Å². The van der Waals surface area contributed by atoms with Crippen LogP contribution in [0.2, 0.25) is 0 Å². The van der Waals surface area contributed by atoms with E-state index >= 15 is 0 Å². The molecular weight excluding hydrogens is 394 g/mol. The predicted molar refractivity (Wildman–Crippen MR) is 103 cm³/mol. The Kier molecular flexibility index (Phi) is 5.78. The molecule has 7 heteroatoms. The van der Waals surface area contributed by atoms with Crippen LogP contribution < -0.4 is 5.32 Å². The number of amides is 1. The molecule has 1 heterocycles. The first kappa shape index (κ1) is 18.3. The molecule has 0 saturated heterocycles. The van der Waals surface area contributed by atoms with E-state index in [2.05, 4.69) is 36.7 Å². The smallest absolute Gasteiger partial charge is 0.244 e. The Hall–Kier alpha value is -2.54. The third-order valence-corrected chi connectivity index (χ3v) is 4.59. The number of carbonyl (C=O) groups is 1. The lowest BCUT2D eigenvalue weighted by Crippen LogP contribution is -2.32. The average Bonchev–Trinajstić information content (AvgIpc) is 3.09. The number of nitrogens with one attached hydrogen (secondary N) is 1. The number of tetrazole rings is 1. The summed E-state index contributed by atoms with van der Waals surface area (Å²) in [6, 6.07) is 15.8. The van der Waals surface area contributed by atoms with Crippen molar-refractivity contribution in [1.29, 1.82) is 0 Å². The summed E-state index contributed by atoms with van der Waals surface area (Å²) in [6.45, 7) is 4.09. The van der Waals surface area contributed by atoms with E-state index in [4.69, 9.17) is 0 Å². The fourth-order valence-electron chi connectivity index (χ4n) is 2.61. The van der Waals surface area contributed by atoms with E-state index in [9.17, 15) is 4.79 Å². The van der Waals surface area contributed by atoms with Gasteiger partial charge in [-0.3, -0.25) is 4.79 Å². The molecule has 0 fully saturated rings. The van der Waals surface area contributed by atoms with Gasteiger partial charge < -0.3 is 5.32 Å². The van der Waals surface area contributed by atoms with Gasteiger partial charge in [-0.25, -0.2) is 0 Å². The maximum atomic E-state index is 12.4. The zero-order valence-corrected chi connectivity index (χ0v) is 16.3. The molecule has 134 valence electrons. The van der Waals surface area contributed by atoms with Crippen LogP contribution in [0.1, 0.15) is 30.5 Å². The summed E-state index contributed by atoms with van der Waals surface area (Å²) < 4.78 is 1.01. The van der Waals surface area contributed by atoms with Crippen LogP contribution in [-0.4, -0.2) is 26.1 Å². The fourth-order valence-corrected chi connectivity index (χ4v) is 2.88. The summed E-state index contributed by atoms with van der Waals surface area (Å²) >= 11 is 3.42. The molecule has 0 aliphatic carbocycles. The standard InChI is InChI=1S/C19H20BrN5O/c1-3-17(14-8-10-16(20)11-9-14)21-18(26)12-25-23-19(22-24-25)15-6-4-13(2)5-7-15/h4-11,17H,3,12H2,1-2H3,(H,21,26)/t17-/m1/s1. The molecule has 0 saturated carbocycles. The van der Waals surface area contributed by atoms with Crippen LogP contribution in [0.4, 0.5) is 0 Å². The summed E-state index contributed by atoms with van der Waals surface area (Å²) in [5.74, 6) is 0.366. The molecule has 0 aliphatic heterocycles. The van der Waals surface area contributed by atoms with Gasteiger partial charge in [-0.2, -0.15) is 4.80 Å². The topological polar surface area (TPSA) is 72.7 Å². The number of benzene rings is 2. The molecule has 0 unspecified atom stereocenters. The molecular formula is C19H20BrN5O. The molecule has 3 aromatic rings. The normalized spacial score (nSPS) is 12.0. The van der Waals surface area contributed by atoms with E-state index in [0.717, 1.165) is 22.0 Å². The summed E-state index contributed by atoms with van der Waals surface area (Å²) in [5.41, 5.74) is 3.11.